The van der Waals surface area contributed by atoms with Gasteiger partial charge in [-0.05, 0) is 120 Å². The second-order valence-corrected chi connectivity index (χ2v) is 18.4. The van der Waals surface area contributed by atoms with Gasteiger partial charge in [0.2, 0.25) is 6.35 Å². The summed E-state index contributed by atoms with van der Waals surface area (Å²) in [6.45, 7) is 12.8. The molecule has 3 N–H and O–H groups in total. The normalized spacial score (nSPS) is 23.8. The summed E-state index contributed by atoms with van der Waals surface area (Å²) in [4.78, 5) is 35.1. The summed E-state index contributed by atoms with van der Waals surface area (Å²) in [6, 6.07) is 11.2. The van der Waals surface area contributed by atoms with Gasteiger partial charge in [-0.15, -0.1) is 0 Å². The molecule has 63 heavy (non-hydrogen) atoms. The van der Waals surface area contributed by atoms with Gasteiger partial charge in [-0.2, -0.15) is 5.10 Å². The van der Waals surface area contributed by atoms with Crippen molar-refractivity contribution in [1.82, 2.24) is 33.9 Å². The van der Waals surface area contributed by atoms with Crippen LogP contribution in [0.1, 0.15) is 108 Å². The van der Waals surface area contributed by atoms with E-state index in [0.717, 1.165) is 65.0 Å². The number of hydrogen-bond donors (Lipinski definition) is 3. The summed E-state index contributed by atoms with van der Waals surface area (Å²) in [5, 5.41) is 27.7. The zero-order valence-electron chi connectivity index (χ0n) is 36.2. The third kappa shape index (κ3) is 6.28. The van der Waals surface area contributed by atoms with Gasteiger partial charge in [-0.25, -0.2) is 29.4 Å². The van der Waals surface area contributed by atoms with Gasteiger partial charge in [0.05, 0.1) is 51.2 Å². The van der Waals surface area contributed by atoms with E-state index in [1.807, 2.05) is 60.1 Å². The molecule has 6 aromatic rings. The summed E-state index contributed by atoms with van der Waals surface area (Å²) in [5.74, 6) is 1.81. The largest absolute Gasteiger partial charge is 0.376 e. The fourth-order valence-corrected chi connectivity index (χ4v) is 10.5. The number of amidine groups is 1. The first-order chi connectivity index (χ1) is 30.2. The Morgan fingerprint density at radius 1 is 1.00 bits per heavy atom. The Labute approximate surface area is 363 Å². The number of aliphatic hydroxyl groups is 2. The van der Waals surface area contributed by atoms with Crippen LogP contribution in [0.4, 0.5) is 15.9 Å². The standard InChI is InChI=1S/C47H51FN10O5/c1-26-19-33(20-27(2)40(26)48)58-41(57-17-16-56(45(57)61)32-9-14-55-29(4)49-23-34(55)21-32)38-28(3)54(15-10-36(38)51-58)42(59)35-25-53-24-31(30-11-18-62-46(5,6)22-30)7-8-37(53)39(35)47(12-13-47)43-50-44(60)63-52-43/h7-9,14,16-17,19-21,23-25,28,30,44-45,60-61H,10-13,15,18,22H2,1-6H3,(H,50,52)/t28-,30-,44?,45?/m0/s1. The Balaban J connectivity index is 1.01. The molecule has 4 aliphatic heterocycles. The zero-order chi connectivity index (χ0) is 43.7. The molecule has 1 aromatic carbocycles. The van der Waals surface area contributed by atoms with Crippen LogP contribution in [0.2, 0.25) is 0 Å². The first kappa shape index (κ1) is 39.8. The number of amides is 1. The van der Waals surface area contributed by atoms with Crippen molar-refractivity contribution in [3.8, 4) is 5.69 Å². The number of pyridine rings is 2. The van der Waals surface area contributed by atoms with Crippen molar-refractivity contribution < 1.29 is 29.0 Å². The number of aliphatic imine (C=N–C) groups is 1. The van der Waals surface area contributed by atoms with Crippen molar-refractivity contribution in [2.24, 2.45) is 4.99 Å². The van der Waals surface area contributed by atoms with E-state index in [9.17, 15) is 10.2 Å². The predicted octanol–water partition coefficient (Wildman–Crippen LogP) is 6.58. The summed E-state index contributed by atoms with van der Waals surface area (Å²) in [6.07, 6.45) is 12.7. The number of aliphatic hydroxyl groups excluding tert-OH is 2. The monoisotopic (exact) mass is 854 g/mol. The molecule has 1 amide bonds. The summed E-state index contributed by atoms with van der Waals surface area (Å²) in [5.41, 5.74) is 10.3. The minimum Gasteiger partial charge on any atom is -0.376 e. The number of fused-ring (bicyclic) bond motifs is 3. The Morgan fingerprint density at radius 3 is 2.51 bits per heavy atom. The molecule has 15 nitrogen and oxygen atoms in total. The fourth-order valence-electron chi connectivity index (χ4n) is 10.5. The number of carbonyl (C=O) groups excluding carboxylic acids is 1. The average Bonchev–Trinajstić information content (AvgIpc) is 3.71. The molecule has 1 aliphatic carbocycles. The van der Waals surface area contributed by atoms with E-state index in [-0.39, 0.29) is 17.3 Å². The molecule has 0 bridgehead atoms. The highest BCUT2D eigenvalue weighted by Gasteiger charge is 2.55. The third-order valence-corrected chi connectivity index (χ3v) is 13.9. The van der Waals surface area contributed by atoms with Gasteiger partial charge >= 0.3 is 0 Å². The topological polar surface area (TPSA) is 150 Å². The van der Waals surface area contributed by atoms with E-state index in [2.05, 4.69) is 52.0 Å². The van der Waals surface area contributed by atoms with Gasteiger partial charge in [0.25, 0.3) is 12.3 Å². The van der Waals surface area contributed by atoms with Crippen LogP contribution < -0.4 is 15.3 Å². The van der Waals surface area contributed by atoms with E-state index >= 15 is 9.18 Å². The van der Waals surface area contributed by atoms with Crippen LogP contribution in [0.25, 0.3) is 16.7 Å². The van der Waals surface area contributed by atoms with Crippen LogP contribution in [0.3, 0.4) is 0 Å². The number of ether oxygens (including phenoxy) is 1. The molecule has 326 valence electrons. The summed E-state index contributed by atoms with van der Waals surface area (Å²) < 4.78 is 27.0. The van der Waals surface area contributed by atoms with Crippen molar-refractivity contribution >= 4 is 34.3 Å². The lowest BCUT2D eigenvalue weighted by Gasteiger charge is -2.36. The Kier molecular flexibility index (Phi) is 8.97. The predicted molar refractivity (Wildman–Crippen MR) is 234 cm³/mol. The summed E-state index contributed by atoms with van der Waals surface area (Å²) in [7, 11) is 0. The van der Waals surface area contributed by atoms with Gasteiger partial charge in [0.15, 0.2) is 0 Å². The molecule has 9 heterocycles. The van der Waals surface area contributed by atoms with E-state index < -0.39 is 24.2 Å². The van der Waals surface area contributed by atoms with Crippen molar-refractivity contribution in [2.45, 2.75) is 109 Å². The number of hydrogen-bond acceptors (Lipinski definition) is 11. The molecule has 0 spiro atoms. The number of rotatable bonds is 7. The first-order valence-corrected chi connectivity index (χ1v) is 21.7. The number of aromatic nitrogens is 5. The molecule has 11 rings (SSSR count). The van der Waals surface area contributed by atoms with Gasteiger partial charge in [0.1, 0.15) is 23.3 Å². The molecule has 2 fully saturated rings. The highest BCUT2D eigenvalue weighted by Crippen LogP contribution is 2.54. The van der Waals surface area contributed by atoms with Crippen LogP contribution in [-0.2, 0) is 21.4 Å². The van der Waals surface area contributed by atoms with Crippen molar-refractivity contribution in [3.63, 3.8) is 0 Å². The smallest absolute Gasteiger partial charge is 0.280 e. The zero-order valence-corrected chi connectivity index (χ0v) is 36.2. The molecule has 5 aromatic heterocycles. The van der Waals surface area contributed by atoms with Crippen LogP contribution in [0, 0.1) is 26.6 Å². The maximum atomic E-state index is 15.5. The molecule has 2 unspecified atom stereocenters. The van der Waals surface area contributed by atoms with Gasteiger partial charge in [-0.3, -0.25) is 9.69 Å². The number of hydroxylamine groups is 1. The number of nitrogens with one attached hydrogen (secondary N) is 1. The van der Waals surface area contributed by atoms with Crippen molar-refractivity contribution in [2.75, 3.05) is 23.0 Å². The lowest BCUT2D eigenvalue weighted by molar-refractivity contribution is -0.102. The summed E-state index contributed by atoms with van der Waals surface area (Å²) >= 11 is 0. The maximum Gasteiger partial charge on any atom is 0.280 e. The number of nitrogens with zero attached hydrogens (tertiary/aromatic N) is 9. The van der Waals surface area contributed by atoms with Crippen molar-refractivity contribution in [3.05, 3.63) is 124 Å². The molecule has 4 atom stereocenters. The highest BCUT2D eigenvalue weighted by molar-refractivity contribution is 6.05. The molecule has 5 aliphatic rings. The van der Waals surface area contributed by atoms with Crippen molar-refractivity contribution in [1.29, 1.82) is 0 Å². The molecule has 1 saturated carbocycles. The number of halogens is 1. The van der Waals surface area contributed by atoms with Crippen LogP contribution in [0.15, 0.2) is 78.6 Å². The number of aryl methyl sites for hydroxylation is 3. The number of anilines is 2. The molecular formula is C47H51FN10O5. The minimum atomic E-state index is -1.33. The number of carbonyl (C=O) groups is 1. The van der Waals surface area contributed by atoms with E-state index in [1.165, 1.54) is 5.56 Å². The SMILES string of the molecule is Cc1cc(-n2nc3c(c2N2C=CN(c4ccn5c(C)ncc5c4)C2O)[C@H](C)N(C(=O)c2cn4cc([C@H]5CCOC(C)(C)C5)ccc4c2C2(C4=NC(O)ON4)CC2)CC3)cc(C)c1F. The van der Waals surface area contributed by atoms with E-state index in [0.29, 0.717) is 59.5 Å². The number of imidazole rings is 1. The second-order valence-electron chi connectivity index (χ2n) is 18.4. The molecule has 1 saturated heterocycles. The van der Waals surface area contributed by atoms with Crippen LogP contribution in [-0.4, -0.2) is 81.9 Å². The highest BCUT2D eigenvalue weighted by atomic mass is 19.1. The molecular weight excluding hydrogens is 804 g/mol. The first-order valence-electron chi connectivity index (χ1n) is 21.7. The lowest BCUT2D eigenvalue weighted by atomic mass is 9.84. The Bertz CT molecular complexity index is 2900. The minimum absolute atomic E-state index is 0.150. The van der Waals surface area contributed by atoms with Crippen LogP contribution in [0.5, 0.6) is 0 Å². The quantitative estimate of drug-likeness (QED) is 0.161. The van der Waals surface area contributed by atoms with Gasteiger partial charge in [-0.1, -0.05) is 6.07 Å². The van der Waals surface area contributed by atoms with Crippen LogP contribution >= 0.6 is 0 Å². The fraction of sp³-hybridized carbons (Fsp3) is 0.404. The third-order valence-electron chi connectivity index (χ3n) is 13.9. The maximum absolute atomic E-state index is 15.5. The van der Waals surface area contributed by atoms with E-state index in [1.54, 1.807) is 46.7 Å². The van der Waals surface area contributed by atoms with Gasteiger partial charge < -0.3 is 33.6 Å². The molecule has 0 radical (unpaired) electrons. The van der Waals surface area contributed by atoms with Gasteiger partial charge in [0, 0.05) is 67.4 Å². The Morgan fingerprint density at radius 2 is 1.78 bits per heavy atom. The lowest BCUT2D eigenvalue weighted by Crippen LogP contribution is -2.42. The number of benzene rings is 1. The average molecular weight is 855 g/mol. The van der Waals surface area contributed by atoms with E-state index in [4.69, 9.17) is 14.7 Å². The molecule has 16 heteroatoms. The Hall–Kier alpha value is -6.07. The second kappa shape index (κ2) is 14.2.